The van der Waals surface area contributed by atoms with Crippen LogP contribution in [0.15, 0.2) is 25.0 Å². The summed E-state index contributed by atoms with van der Waals surface area (Å²) in [6.45, 7) is 8.22. The largest absolute Gasteiger partial charge is 0.322 e. The molecule has 2 N–H and O–H groups in total. The van der Waals surface area contributed by atoms with Crippen LogP contribution in [0.1, 0.15) is 43.4 Å². The van der Waals surface area contributed by atoms with Crippen LogP contribution in [0.25, 0.3) is 11.6 Å². The third kappa shape index (κ3) is 1.69. The van der Waals surface area contributed by atoms with Gasteiger partial charge in [-0.1, -0.05) is 18.7 Å². The summed E-state index contributed by atoms with van der Waals surface area (Å²) in [7, 11) is 0. The van der Waals surface area contributed by atoms with E-state index in [2.05, 4.69) is 24.6 Å². The highest BCUT2D eigenvalue weighted by molar-refractivity contribution is 5.77. The normalized spacial score (nSPS) is 24.8. The van der Waals surface area contributed by atoms with Gasteiger partial charge in [-0.15, -0.1) is 0 Å². The Bertz CT molecular complexity index is 456. The fourth-order valence-electron chi connectivity index (χ4n) is 2.28. The van der Waals surface area contributed by atoms with Crippen LogP contribution in [0, 0.1) is 0 Å². The molecule has 1 aromatic rings. The second kappa shape index (κ2) is 3.87. The highest BCUT2D eigenvalue weighted by atomic mass is 14.8. The minimum Gasteiger partial charge on any atom is -0.322 e. The molecule has 0 aliphatic heterocycles. The maximum Gasteiger partial charge on any atom is 0.0405 e. The Morgan fingerprint density at radius 1 is 1.50 bits per heavy atom. The van der Waals surface area contributed by atoms with Gasteiger partial charge in [-0.2, -0.15) is 0 Å². The zero-order valence-electron chi connectivity index (χ0n) is 9.96. The Hall–Kier alpha value is -1.41. The fraction of sp³-hybridized carbons (Fsp3) is 0.357. The molecular weight excluding hydrogens is 196 g/mol. The van der Waals surface area contributed by atoms with Gasteiger partial charge in [-0.3, -0.25) is 4.98 Å². The van der Waals surface area contributed by atoms with E-state index in [1.165, 1.54) is 11.1 Å². The molecule has 1 heterocycles. The van der Waals surface area contributed by atoms with Crippen molar-refractivity contribution >= 4 is 11.6 Å². The third-order valence-corrected chi connectivity index (χ3v) is 3.24. The van der Waals surface area contributed by atoms with Gasteiger partial charge in [0.25, 0.3) is 0 Å². The Morgan fingerprint density at radius 3 is 2.94 bits per heavy atom. The summed E-state index contributed by atoms with van der Waals surface area (Å²) in [6, 6.07) is 0. The molecule has 16 heavy (non-hydrogen) atoms. The van der Waals surface area contributed by atoms with Crippen molar-refractivity contribution in [2.45, 2.75) is 32.2 Å². The summed E-state index contributed by atoms with van der Waals surface area (Å²) in [4.78, 5) is 4.27. The van der Waals surface area contributed by atoms with Crippen LogP contribution in [-0.4, -0.2) is 4.98 Å². The molecule has 1 unspecified atom stereocenters. The number of pyridine rings is 1. The average Bonchev–Trinajstić information content (AvgIpc) is 2.25. The van der Waals surface area contributed by atoms with Crippen LogP contribution in [0.3, 0.4) is 0 Å². The van der Waals surface area contributed by atoms with Crippen LogP contribution >= 0.6 is 0 Å². The number of hydrogen-bond donors (Lipinski definition) is 1. The first-order valence-corrected chi connectivity index (χ1v) is 5.64. The molecule has 2 heteroatoms. The predicted octanol–water partition coefficient (Wildman–Crippen LogP) is 3.10. The molecule has 84 valence electrons. The van der Waals surface area contributed by atoms with E-state index < -0.39 is 0 Å². The molecular formula is C14H18N2. The van der Waals surface area contributed by atoms with E-state index in [0.29, 0.717) is 0 Å². The number of nitrogens with two attached hydrogens (primary N) is 1. The summed E-state index contributed by atoms with van der Waals surface area (Å²) in [5.74, 6) is 0. The van der Waals surface area contributed by atoms with Gasteiger partial charge in [0.05, 0.1) is 0 Å². The lowest BCUT2D eigenvalue weighted by Gasteiger charge is -2.33. The maximum absolute atomic E-state index is 6.31. The molecule has 0 radical (unpaired) electrons. The van der Waals surface area contributed by atoms with Gasteiger partial charge in [0.15, 0.2) is 0 Å². The number of aromatic nitrogens is 1. The molecule has 0 saturated heterocycles. The summed E-state index contributed by atoms with van der Waals surface area (Å²) >= 11 is 0. The lowest BCUT2D eigenvalue weighted by atomic mass is 9.76. The summed E-state index contributed by atoms with van der Waals surface area (Å²) < 4.78 is 0. The van der Waals surface area contributed by atoms with Crippen molar-refractivity contribution in [3.8, 4) is 0 Å². The molecule has 0 fully saturated rings. The standard InChI is InChI=1S/C14H18N2/c1-4-5-11-8-16-9-12-13(11)10(2)6-7-14(12,3)15/h4-5,8-9H,2,6-7,15H2,1,3H3/b5-4-. The Labute approximate surface area is 96.9 Å². The van der Waals surface area contributed by atoms with Crippen molar-refractivity contribution in [3.05, 3.63) is 41.7 Å². The van der Waals surface area contributed by atoms with E-state index in [9.17, 15) is 0 Å². The van der Waals surface area contributed by atoms with E-state index in [1.54, 1.807) is 0 Å². The highest BCUT2D eigenvalue weighted by Crippen LogP contribution is 2.39. The zero-order chi connectivity index (χ0) is 11.8. The summed E-state index contributed by atoms with van der Waals surface area (Å²) in [6.07, 6.45) is 9.76. The maximum atomic E-state index is 6.31. The summed E-state index contributed by atoms with van der Waals surface area (Å²) in [5.41, 5.74) is 10.7. The fourth-order valence-corrected chi connectivity index (χ4v) is 2.28. The molecule has 1 atom stereocenters. The van der Waals surface area contributed by atoms with Crippen molar-refractivity contribution in [2.24, 2.45) is 5.73 Å². The average molecular weight is 214 g/mol. The minimum atomic E-state index is -0.277. The van der Waals surface area contributed by atoms with Crippen LogP contribution in [-0.2, 0) is 5.54 Å². The molecule has 0 bridgehead atoms. The molecule has 1 aromatic heterocycles. The van der Waals surface area contributed by atoms with E-state index >= 15 is 0 Å². The van der Waals surface area contributed by atoms with E-state index in [1.807, 2.05) is 25.4 Å². The zero-order valence-corrected chi connectivity index (χ0v) is 9.96. The molecule has 0 saturated carbocycles. The van der Waals surface area contributed by atoms with E-state index in [0.717, 1.165) is 24.0 Å². The predicted molar refractivity (Wildman–Crippen MR) is 68.8 cm³/mol. The molecule has 1 aliphatic carbocycles. The molecule has 0 aromatic carbocycles. The second-order valence-corrected chi connectivity index (χ2v) is 4.67. The molecule has 2 rings (SSSR count). The van der Waals surface area contributed by atoms with Crippen LogP contribution in [0.2, 0.25) is 0 Å². The van der Waals surface area contributed by atoms with Crippen LogP contribution in [0.5, 0.6) is 0 Å². The minimum absolute atomic E-state index is 0.277. The molecule has 0 amide bonds. The van der Waals surface area contributed by atoms with Gasteiger partial charge in [-0.05, 0) is 43.4 Å². The van der Waals surface area contributed by atoms with Crippen molar-refractivity contribution in [2.75, 3.05) is 0 Å². The van der Waals surface area contributed by atoms with Crippen molar-refractivity contribution in [1.29, 1.82) is 0 Å². The van der Waals surface area contributed by atoms with Gasteiger partial charge >= 0.3 is 0 Å². The summed E-state index contributed by atoms with van der Waals surface area (Å²) in [5, 5.41) is 0. The second-order valence-electron chi connectivity index (χ2n) is 4.67. The van der Waals surface area contributed by atoms with Gasteiger partial charge in [-0.25, -0.2) is 0 Å². The molecule has 0 spiro atoms. The molecule has 2 nitrogen and oxygen atoms in total. The Kier molecular flexibility index (Phi) is 2.68. The topological polar surface area (TPSA) is 38.9 Å². The van der Waals surface area contributed by atoms with Gasteiger partial charge in [0, 0.05) is 23.5 Å². The quantitative estimate of drug-likeness (QED) is 0.780. The first-order chi connectivity index (χ1) is 7.56. The van der Waals surface area contributed by atoms with Crippen LogP contribution in [0.4, 0.5) is 0 Å². The van der Waals surface area contributed by atoms with Crippen LogP contribution < -0.4 is 5.73 Å². The molecule has 1 aliphatic rings. The van der Waals surface area contributed by atoms with Crippen molar-refractivity contribution in [1.82, 2.24) is 4.98 Å². The lowest BCUT2D eigenvalue weighted by molar-refractivity contribution is 0.446. The SMILES string of the molecule is C=C1CCC(C)(N)c2cncc(/C=C\C)c21. The highest BCUT2D eigenvalue weighted by Gasteiger charge is 2.30. The van der Waals surface area contributed by atoms with Crippen molar-refractivity contribution in [3.63, 3.8) is 0 Å². The number of fused-ring (bicyclic) bond motifs is 1. The Balaban J connectivity index is 2.67. The van der Waals surface area contributed by atoms with Gasteiger partial charge in [0.1, 0.15) is 0 Å². The number of allylic oxidation sites excluding steroid dienone is 2. The first-order valence-electron chi connectivity index (χ1n) is 5.64. The van der Waals surface area contributed by atoms with E-state index in [-0.39, 0.29) is 5.54 Å². The number of hydrogen-bond acceptors (Lipinski definition) is 2. The number of rotatable bonds is 1. The monoisotopic (exact) mass is 214 g/mol. The number of nitrogens with zero attached hydrogens (tertiary/aromatic N) is 1. The third-order valence-electron chi connectivity index (χ3n) is 3.24. The van der Waals surface area contributed by atoms with Gasteiger partial charge < -0.3 is 5.73 Å². The smallest absolute Gasteiger partial charge is 0.0405 e. The lowest BCUT2D eigenvalue weighted by Crippen LogP contribution is -2.36. The first kappa shape index (κ1) is 11.1. The van der Waals surface area contributed by atoms with E-state index in [4.69, 9.17) is 5.73 Å². The van der Waals surface area contributed by atoms with Gasteiger partial charge in [0.2, 0.25) is 0 Å². The Morgan fingerprint density at radius 2 is 2.25 bits per heavy atom. The van der Waals surface area contributed by atoms with Crippen molar-refractivity contribution < 1.29 is 0 Å².